The molecule has 0 atom stereocenters. The van der Waals surface area contributed by atoms with Gasteiger partial charge in [-0.1, -0.05) is 18.2 Å². The number of hydrogen-bond donors (Lipinski definition) is 0. The number of benzene rings is 1. The topological polar surface area (TPSA) is 22.1 Å². The van der Waals surface area contributed by atoms with E-state index in [-0.39, 0.29) is 0 Å². The number of pyridine rings is 1. The standard InChI is InChI=1S/C11H8INO/c12-14-11-7-2-1-5-9(11)10-6-3-4-8-13-10/h1-8H. The van der Waals surface area contributed by atoms with Gasteiger partial charge in [0.05, 0.1) is 5.69 Å². The van der Waals surface area contributed by atoms with Crippen molar-refractivity contribution in [3.8, 4) is 17.0 Å². The zero-order valence-electron chi connectivity index (χ0n) is 7.35. The van der Waals surface area contributed by atoms with Crippen LogP contribution in [0.5, 0.6) is 5.75 Å². The lowest BCUT2D eigenvalue weighted by Crippen LogP contribution is -1.84. The van der Waals surface area contributed by atoms with Crippen LogP contribution in [0.15, 0.2) is 48.7 Å². The van der Waals surface area contributed by atoms with Crippen LogP contribution < -0.4 is 3.07 Å². The molecule has 2 nitrogen and oxygen atoms in total. The first-order valence-electron chi connectivity index (χ1n) is 4.21. The Morgan fingerprint density at radius 3 is 2.50 bits per heavy atom. The van der Waals surface area contributed by atoms with Crippen LogP contribution in [0, 0.1) is 0 Å². The van der Waals surface area contributed by atoms with Gasteiger partial charge in [0.25, 0.3) is 0 Å². The lowest BCUT2D eigenvalue weighted by atomic mass is 10.1. The Kier molecular flexibility index (Phi) is 2.98. The summed E-state index contributed by atoms with van der Waals surface area (Å²) in [4.78, 5) is 4.27. The summed E-state index contributed by atoms with van der Waals surface area (Å²) >= 11 is 1.88. The first-order valence-corrected chi connectivity index (χ1v) is 5.09. The van der Waals surface area contributed by atoms with Crippen LogP contribution in [-0.2, 0) is 0 Å². The SMILES string of the molecule is IOc1ccccc1-c1ccccn1. The fraction of sp³-hybridized carbons (Fsp3) is 0. The van der Waals surface area contributed by atoms with Gasteiger partial charge in [-0.3, -0.25) is 4.98 Å². The summed E-state index contributed by atoms with van der Waals surface area (Å²) in [6, 6.07) is 13.7. The minimum atomic E-state index is 0.840. The molecule has 0 N–H and O–H groups in total. The van der Waals surface area contributed by atoms with Crippen molar-refractivity contribution in [3.63, 3.8) is 0 Å². The molecule has 0 spiro atoms. The van der Waals surface area contributed by atoms with E-state index in [9.17, 15) is 0 Å². The number of hydrogen-bond acceptors (Lipinski definition) is 2. The summed E-state index contributed by atoms with van der Waals surface area (Å²) < 4.78 is 5.23. The number of nitrogens with zero attached hydrogens (tertiary/aromatic N) is 1. The molecule has 1 aromatic carbocycles. The third kappa shape index (κ3) is 1.87. The molecule has 0 aliphatic rings. The maximum Gasteiger partial charge on any atom is 0.192 e. The quantitative estimate of drug-likeness (QED) is 0.792. The summed E-state index contributed by atoms with van der Waals surface area (Å²) in [5, 5.41) is 0. The molecule has 0 bridgehead atoms. The van der Waals surface area contributed by atoms with Crippen molar-refractivity contribution in [2.24, 2.45) is 0 Å². The molecule has 0 fully saturated rings. The number of aromatic nitrogens is 1. The molecule has 2 aromatic rings. The van der Waals surface area contributed by atoms with Crippen molar-refractivity contribution in [2.45, 2.75) is 0 Å². The van der Waals surface area contributed by atoms with E-state index in [1.165, 1.54) is 0 Å². The fourth-order valence-corrected chi connectivity index (χ4v) is 1.65. The molecule has 70 valence electrons. The van der Waals surface area contributed by atoms with Crippen molar-refractivity contribution >= 4 is 23.0 Å². The van der Waals surface area contributed by atoms with Crippen LogP contribution in [0.4, 0.5) is 0 Å². The summed E-state index contributed by atoms with van der Waals surface area (Å²) in [6.07, 6.45) is 1.78. The van der Waals surface area contributed by atoms with Crippen molar-refractivity contribution in [3.05, 3.63) is 48.7 Å². The van der Waals surface area contributed by atoms with E-state index in [0.29, 0.717) is 0 Å². The minimum Gasteiger partial charge on any atom is -0.427 e. The van der Waals surface area contributed by atoms with Crippen molar-refractivity contribution in [2.75, 3.05) is 0 Å². The van der Waals surface area contributed by atoms with Crippen LogP contribution in [0.1, 0.15) is 0 Å². The van der Waals surface area contributed by atoms with E-state index >= 15 is 0 Å². The van der Waals surface area contributed by atoms with Gasteiger partial charge in [0.15, 0.2) is 23.0 Å². The maximum atomic E-state index is 5.23. The van der Waals surface area contributed by atoms with Gasteiger partial charge in [-0.25, -0.2) is 0 Å². The van der Waals surface area contributed by atoms with Crippen molar-refractivity contribution in [1.29, 1.82) is 0 Å². The van der Waals surface area contributed by atoms with E-state index in [2.05, 4.69) is 4.98 Å². The predicted molar refractivity (Wildman–Crippen MR) is 64.3 cm³/mol. The van der Waals surface area contributed by atoms with Gasteiger partial charge in [0.2, 0.25) is 0 Å². The Bertz CT molecular complexity index is 417. The van der Waals surface area contributed by atoms with Crippen LogP contribution in [0.25, 0.3) is 11.3 Å². The van der Waals surface area contributed by atoms with E-state index in [4.69, 9.17) is 3.07 Å². The Morgan fingerprint density at radius 2 is 1.79 bits per heavy atom. The second-order valence-electron chi connectivity index (χ2n) is 2.79. The summed E-state index contributed by atoms with van der Waals surface area (Å²) in [6.45, 7) is 0. The van der Waals surface area contributed by atoms with Gasteiger partial charge in [0, 0.05) is 11.8 Å². The normalized spacial score (nSPS) is 9.79. The van der Waals surface area contributed by atoms with Crippen LogP contribution in [-0.4, -0.2) is 4.98 Å². The molecular weight excluding hydrogens is 289 g/mol. The molecule has 0 saturated carbocycles. The van der Waals surface area contributed by atoms with Gasteiger partial charge < -0.3 is 3.07 Å². The van der Waals surface area contributed by atoms with Crippen molar-refractivity contribution in [1.82, 2.24) is 4.98 Å². The second-order valence-corrected chi connectivity index (χ2v) is 3.23. The maximum absolute atomic E-state index is 5.23. The Labute approximate surface area is 96.6 Å². The van der Waals surface area contributed by atoms with E-state index in [1.807, 2.05) is 65.5 Å². The lowest BCUT2D eigenvalue weighted by molar-refractivity contribution is 0.719. The monoisotopic (exact) mass is 297 g/mol. The number of rotatable bonds is 2. The Morgan fingerprint density at radius 1 is 1.00 bits per heavy atom. The number of halogens is 1. The highest BCUT2D eigenvalue weighted by Crippen LogP contribution is 2.28. The van der Waals surface area contributed by atoms with Gasteiger partial charge in [0.1, 0.15) is 5.75 Å². The lowest BCUT2D eigenvalue weighted by Gasteiger charge is -2.04. The average molecular weight is 297 g/mol. The van der Waals surface area contributed by atoms with E-state index in [1.54, 1.807) is 6.20 Å². The molecule has 1 aromatic heterocycles. The highest BCUT2D eigenvalue weighted by Gasteiger charge is 2.04. The van der Waals surface area contributed by atoms with E-state index < -0.39 is 0 Å². The molecule has 2 rings (SSSR count). The van der Waals surface area contributed by atoms with E-state index in [0.717, 1.165) is 17.0 Å². The molecule has 3 heteroatoms. The van der Waals surface area contributed by atoms with Gasteiger partial charge in [-0.15, -0.1) is 0 Å². The van der Waals surface area contributed by atoms with Crippen molar-refractivity contribution < 1.29 is 3.07 Å². The summed E-state index contributed by atoms with van der Waals surface area (Å²) in [7, 11) is 0. The Balaban J connectivity index is 2.51. The smallest absolute Gasteiger partial charge is 0.192 e. The molecule has 0 aliphatic carbocycles. The van der Waals surface area contributed by atoms with Crippen LogP contribution in [0.2, 0.25) is 0 Å². The zero-order valence-corrected chi connectivity index (χ0v) is 9.51. The Hall–Kier alpha value is -1.10. The largest absolute Gasteiger partial charge is 0.427 e. The molecule has 0 amide bonds. The van der Waals surface area contributed by atoms with Gasteiger partial charge in [-0.2, -0.15) is 0 Å². The first kappa shape index (κ1) is 9.45. The first-order chi connectivity index (χ1) is 6.92. The molecule has 14 heavy (non-hydrogen) atoms. The third-order valence-electron chi connectivity index (χ3n) is 1.91. The molecule has 0 radical (unpaired) electrons. The molecule has 0 aliphatic heterocycles. The van der Waals surface area contributed by atoms with Gasteiger partial charge >= 0.3 is 0 Å². The number of para-hydroxylation sites is 1. The molecular formula is C11H8INO. The molecule has 0 unspecified atom stereocenters. The minimum absolute atomic E-state index is 0.840. The summed E-state index contributed by atoms with van der Waals surface area (Å²) in [5.74, 6) is 0.840. The van der Waals surface area contributed by atoms with Crippen LogP contribution >= 0.6 is 23.0 Å². The highest BCUT2D eigenvalue weighted by atomic mass is 127. The summed E-state index contributed by atoms with van der Waals surface area (Å²) in [5.41, 5.74) is 1.95. The van der Waals surface area contributed by atoms with Gasteiger partial charge in [-0.05, 0) is 24.3 Å². The predicted octanol–water partition coefficient (Wildman–Crippen LogP) is 3.48. The molecule has 0 saturated heterocycles. The van der Waals surface area contributed by atoms with Crippen LogP contribution in [0.3, 0.4) is 0 Å². The zero-order chi connectivity index (χ0) is 9.80. The average Bonchev–Trinajstić information content (AvgIpc) is 2.30. The highest BCUT2D eigenvalue weighted by molar-refractivity contribution is 14.1. The second kappa shape index (κ2) is 4.41. The third-order valence-corrected chi connectivity index (χ3v) is 2.39. The molecule has 1 heterocycles. The fourth-order valence-electron chi connectivity index (χ4n) is 1.27.